The Hall–Kier alpha value is -2.04. The third-order valence-corrected chi connectivity index (χ3v) is 4.78. The van der Waals surface area contributed by atoms with Crippen molar-refractivity contribution in [2.24, 2.45) is 5.41 Å². The lowest BCUT2D eigenvalue weighted by Gasteiger charge is -2.19. The standard InChI is InChI=1S/C16H20N2O3/c1-2-16(5-6-16)10-17-15(21)18-8-12-4-3-11(14(19)20)7-13(12)9-18/h3-4,7H,2,5-6,8-10H2,1H3,(H,17,21)(H,19,20). The van der Waals surface area contributed by atoms with Crippen molar-refractivity contribution in [3.8, 4) is 0 Å². The number of nitrogens with zero attached hydrogens (tertiary/aromatic N) is 1. The molecule has 1 aromatic rings. The molecule has 1 aliphatic heterocycles. The summed E-state index contributed by atoms with van der Waals surface area (Å²) in [5.74, 6) is -0.931. The molecule has 0 aromatic heterocycles. The number of fused-ring (bicyclic) bond motifs is 1. The Morgan fingerprint density at radius 2 is 2.00 bits per heavy atom. The summed E-state index contributed by atoms with van der Waals surface area (Å²) in [6, 6.07) is 5.02. The summed E-state index contributed by atoms with van der Waals surface area (Å²) in [7, 11) is 0. The van der Waals surface area contributed by atoms with E-state index in [9.17, 15) is 9.59 Å². The first kappa shape index (κ1) is 13.9. The third kappa shape index (κ3) is 2.73. The fraction of sp³-hybridized carbons (Fsp3) is 0.500. The van der Waals surface area contributed by atoms with Crippen LogP contribution in [0.2, 0.25) is 0 Å². The molecule has 1 fully saturated rings. The Morgan fingerprint density at radius 1 is 1.29 bits per heavy atom. The van der Waals surface area contributed by atoms with Crippen molar-refractivity contribution in [1.82, 2.24) is 10.2 Å². The van der Waals surface area contributed by atoms with E-state index in [1.54, 1.807) is 23.1 Å². The highest BCUT2D eigenvalue weighted by atomic mass is 16.4. The normalized spacial score (nSPS) is 18.2. The fourth-order valence-electron chi connectivity index (χ4n) is 2.88. The lowest BCUT2D eigenvalue weighted by Crippen LogP contribution is -2.39. The van der Waals surface area contributed by atoms with Crippen molar-refractivity contribution < 1.29 is 14.7 Å². The number of hydrogen-bond donors (Lipinski definition) is 2. The number of carboxylic acids is 1. The highest BCUT2D eigenvalue weighted by Gasteiger charge is 2.41. The monoisotopic (exact) mass is 288 g/mol. The maximum atomic E-state index is 12.2. The van der Waals surface area contributed by atoms with Crippen molar-refractivity contribution in [3.05, 3.63) is 34.9 Å². The topological polar surface area (TPSA) is 69.6 Å². The highest BCUT2D eigenvalue weighted by Crippen LogP contribution is 2.47. The van der Waals surface area contributed by atoms with Crippen LogP contribution < -0.4 is 5.32 Å². The zero-order valence-corrected chi connectivity index (χ0v) is 12.2. The summed E-state index contributed by atoms with van der Waals surface area (Å²) < 4.78 is 0. The summed E-state index contributed by atoms with van der Waals surface area (Å²) >= 11 is 0. The minimum Gasteiger partial charge on any atom is -0.478 e. The lowest BCUT2D eigenvalue weighted by atomic mass is 10.0. The van der Waals surface area contributed by atoms with E-state index in [2.05, 4.69) is 12.2 Å². The van der Waals surface area contributed by atoms with E-state index in [0.717, 1.165) is 24.1 Å². The molecule has 1 saturated carbocycles. The van der Waals surface area contributed by atoms with Crippen LogP contribution in [-0.2, 0) is 13.1 Å². The number of benzene rings is 1. The summed E-state index contributed by atoms with van der Waals surface area (Å²) in [4.78, 5) is 24.9. The van der Waals surface area contributed by atoms with Gasteiger partial charge in [-0.05, 0) is 47.9 Å². The summed E-state index contributed by atoms with van der Waals surface area (Å²) in [6.07, 6.45) is 3.51. The number of hydrogen-bond acceptors (Lipinski definition) is 2. The number of aromatic carboxylic acids is 1. The Balaban J connectivity index is 1.61. The fourth-order valence-corrected chi connectivity index (χ4v) is 2.88. The van der Waals surface area contributed by atoms with Gasteiger partial charge < -0.3 is 15.3 Å². The summed E-state index contributed by atoms with van der Waals surface area (Å²) in [5, 5.41) is 12.0. The molecule has 5 heteroatoms. The van der Waals surface area contributed by atoms with Gasteiger partial charge in [-0.25, -0.2) is 9.59 Å². The second-order valence-corrected chi connectivity index (χ2v) is 6.16. The van der Waals surface area contributed by atoms with Crippen LogP contribution in [0.4, 0.5) is 4.79 Å². The minimum absolute atomic E-state index is 0.0530. The number of amides is 2. The van der Waals surface area contributed by atoms with Gasteiger partial charge in [0, 0.05) is 19.6 Å². The van der Waals surface area contributed by atoms with Crippen molar-refractivity contribution in [2.75, 3.05) is 6.54 Å². The molecule has 5 nitrogen and oxygen atoms in total. The van der Waals surface area contributed by atoms with Gasteiger partial charge in [0.05, 0.1) is 5.56 Å². The second kappa shape index (κ2) is 5.06. The molecule has 0 unspecified atom stereocenters. The smallest absolute Gasteiger partial charge is 0.335 e. The molecule has 0 saturated heterocycles. The van der Waals surface area contributed by atoms with Crippen molar-refractivity contribution in [1.29, 1.82) is 0 Å². The van der Waals surface area contributed by atoms with E-state index in [4.69, 9.17) is 5.11 Å². The maximum absolute atomic E-state index is 12.2. The molecule has 0 radical (unpaired) electrons. The quantitative estimate of drug-likeness (QED) is 0.894. The molecule has 2 amide bonds. The van der Waals surface area contributed by atoms with E-state index in [0.29, 0.717) is 18.5 Å². The SMILES string of the molecule is CCC1(CNC(=O)N2Cc3ccc(C(=O)O)cc3C2)CC1. The number of rotatable bonds is 4. The highest BCUT2D eigenvalue weighted by molar-refractivity contribution is 5.88. The van der Waals surface area contributed by atoms with Crippen LogP contribution in [0.15, 0.2) is 18.2 Å². The molecular weight excluding hydrogens is 268 g/mol. The van der Waals surface area contributed by atoms with Crippen LogP contribution in [0.1, 0.15) is 47.7 Å². The first-order chi connectivity index (χ1) is 10.0. The zero-order valence-electron chi connectivity index (χ0n) is 12.2. The molecular formula is C16H20N2O3. The van der Waals surface area contributed by atoms with Gasteiger partial charge in [-0.1, -0.05) is 13.0 Å². The van der Waals surface area contributed by atoms with Crippen LogP contribution in [0.25, 0.3) is 0 Å². The van der Waals surface area contributed by atoms with Gasteiger partial charge in [-0.3, -0.25) is 0 Å². The van der Waals surface area contributed by atoms with Gasteiger partial charge in [0.1, 0.15) is 0 Å². The second-order valence-electron chi connectivity index (χ2n) is 6.16. The molecule has 0 spiro atoms. The lowest BCUT2D eigenvalue weighted by molar-refractivity contribution is 0.0696. The average molecular weight is 288 g/mol. The van der Waals surface area contributed by atoms with E-state index >= 15 is 0 Å². The molecule has 21 heavy (non-hydrogen) atoms. The van der Waals surface area contributed by atoms with E-state index in [-0.39, 0.29) is 11.6 Å². The molecule has 0 bridgehead atoms. The van der Waals surface area contributed by atoms with Gasteiger partial charge in [0.15, 0.2) is 0 Å². The molecule has 3 rings (SSSR count). The number of carboxylic acid groups (broad SMARTS) is 1. The van der Waals surface area contributed by atoms with Crippen molar-refractivity contribution in [2.45, 2.75) is 39.3 Å². The van der Waals surface area contributed by atoms with E-state index in [1.807, 2.05) is 0 Å². The molecule has 1 aromatic carbocycles. The summed E-state index contributed by atoms with van der Waals surface area (Å²) in [5.41, 5.74) is 2.57. The van der Waals surface area contributed by atoms with Crippen LogP contribution >= 0.6 is 0 Å². The number of nitrogens with one attached hydrogen (secondary N) is 1. The minimum atomic E-state index is -0.931. The van der Waals surface area contributed by atoms with E-state index < -0.39 is 5.97 Å². The van der Waals surface area contributed by atoms with Gasteiger partial charge >= 0.3 is 12.0 Å². The van der Waals surface area contributed by atoms with Gasteiger partial charge in [0.25, 0.3) is 0 Å². The molecule has 112 valence electrons. The maximum Gasteiger partial charge on any atom is 0.335 e. The molecule has 1 heterocycles. The average Bonchev–Trinajstić information content (AvgIpc) is 3.14. The largest absolute Gasteiger partial charge is 0.478 e. The zero-order chi connectivity index (χ0) is 15.0. The van der Waals surface area contributed by atoms with Gasteiger partial charge in [-0.15, -0.1) is 0 Å². The van der Waals surface area contributed by atoms with Crippen LogP contribution in [-0.4, -0.2) is 28.6 Å². The predicted octanol–water partition coefficient (Wildman–Crippen LogP) is 2.60. The van der Waals surface area contributed by atoms with Crippen LogP contribution in [0.3, 0.4) is 0 Å². The first-order valence-corrected chi connectivity index (χ1v) is 7.41. The Bertz CT molecular complexity index is 593. The van der Waals surface area contributed by atoms with Crippen molar-refractivity contribution >= 4 is 12.0 Å². The number of urea groups is 1. The van der Waals surface area contributed by atoms with Gasteiger partial charge in [-0.2, -0.15) is 0 Å². The molecule has 0 atom stereocenters. The Morgan fingerprint density at radius 3 is 2.62 bits per heavy atom. The molecule has 2 N–H and O–H groups in total. The number of carbonyl (C=O) groups excluding carboxylic acids is 1. The Labute approximate surface area is 123 Å². The molecule has 1 aliphatic carbocycles. The first-order valence-electron chi connectivity index (χ1n) is 7.41. The predicted molar refractivity (Wildman–Crippen MR) is 78.0 cm³/mol. The van der Waals surface area contributed by atoms with E-state index in [1.165, 1.54) is 12.8 Å². The summed E-state index contributed by atoms with van der Waals surface area (Å²) in [6.45, 7) is 3.95. The molecule has 2 aliphatic rings. The van der Waals surface area contributed by atoms with Crippen LogP contribution in [0.5, 0.6) is 0 Å². The van der Waals surface area contributed by atoms with Crippen molar-refractivity contribution in [3.63, 3.8) is 0 Å². The Kier molecular flexibility index (Phi) is 3.35. The van der Waals surface area contributed by atoms with Crippen LogP contribution in [0, 0.1) is 5.41 Å². The number of carbonyl (C=O) groups is 2. The third-order valence-electron chi connectivity index (χ3n) is 4.78. The van der Waals surface area contributed by atoms with Gasteiger partial charge in [0.2, 0.25) is 0 Å².